The van der Waals surface area contributed by atoms with Crippen LogP contribution < -0.4 is 4.74 Å². The van der Waals surface area contributed by atoms with Gasteiger partial charge in [0.25, 0.3) is 10.9 Å². The molecule has 0 saturated heterocycles. The van der Waals surface area contributed by atoms with Crippen LogP contribution in [0.15, 0.2) is 46.0 Å². The number of nitrogens with zero attached hydrogens (tertiary/aromatic N) is 3. The van der Waals surface area contributed by atoms with Crippen LogP contribution in [0.4, 0.5) is 5.69 Å². The van der Waals surface area contributed by atoms with Gasteiger partial charge in [-0.05, 0) is 18.2 Å². The van der Waals surface area contributed by atoms with E-state index in [1.807, 2.05) is 6.07 Å². The number of hydrogen-bond acceptors (Lipinski definition) is 8. The van der Waals surface area contributed by atoms with Crippen molar-refractivity contribution in [2.45, 2.75) is 17.6 Å². The summed E-state index contributed by atoms with van der Waals surface area (Å²) in [5.41, 5.74) is 2.03. The molecule has 2 heterocycles. The van der Waals surface area contributed by atoms with Crippen molar-refractivity contribution in [3.05, 3.63) is 62.7 Å². The third-order valence-electron chi connectivity index (χ3n) is 3.81. The van der Waals surface area contributed by atoms with Gasteiger partial charge in [0.15, 0.2) is 6.79 Å². The van der Waals surface area contributed by atoms with Crippen LogP contribution >= 0.6 is 23.4 Å². The van der Waals surface area contributed by atoms with Crippen molar-refractivity contribution in [3.63, 3.8) is 0 Å². The molecule has 0 radical (unpaired) electrons. The number of non-ortho nitro benzene ring substituents is 1. The predicted octanol–water partition coefficient (Wildman–Crippen LogP) is 4.46. The fraction of sp³-hybridized carbons (Fsp3) is 0.176. The molecule has 0 unspecified atom stereocenters. The summed E-state index contributed by atoms with van der Waals surface area (Å²) in [6.45, 7) is 0.385. The lowest BCUT2D eigenvalue weighted by Gasteiger charge is -2.20. The summed E-state index contributed by atoms with van der Waals surface area (Å²) < 4.78 is 16.4. The maximum atomic E-state index is 11.2. The average Bonchev–Trinajstić information content (AvgIpc) is 3.15. The van der Waals surface area contributed by atoms with E-state index in [0.29, 0.717) is 38.8 Å². The van der Waals surface area contributed by atoms with E-state index in [4.69, 9.17) is 25.5 Å². The number of nitro benzene ring substituents is 1. The van der Waals surface area contributed by atoms with Gasteiger partial charge in [-0.25, -0.2) is 0 Å². The molecule has 1 aliphatic rings. The van der Waals surface area contributed by atoms with Crippen LogP contribution in [0.3, 0.4) is 0 Å². The van der Waals surface area contributed by atoms with Gasteiger partial charge in [0.05, 0.1) is 11.5 Å². The lowest BCUT2D eigenvalue weighted by atomic mass is 10.1. The SMILES string of the molecule is O=[N+]([O-])c1cc2c(c(CSc3nnc(-c4cccc(Cl)c4)o3)c1)OCOC2. The van der Waals surface area contributed by atoms with E-state index < -0.39 is 4.92 Å². The molecule has 3 aromatic rings. The molecule has 10 heteroatoms. The maximum absolute atomic E-state index is 11.2. The summed E-state index contributed by atoms with van der Waals surface area (Å²) in [5, 5.41) is 20.1. The average molecular weight is 406 g/mol. The fourth-order valence-electron chi connectivity index (χ4n) is 2.64. The Kier molecular flexibility index (Phi) is 4.97. The standard InChI is InChI=1S/C17H12ClN3O5S/c18-13-3-1-2-10(4-13)16-19-20-17(26-16)27-8-12-6-14(21(22)23)5-11-7-24-9-25-15(11)12/h1-6H,7-9H2. The van der Waals surface area contributed by atoms with Crippen LogP contribution in [0.2, 0.25) is 5.02 Å². The smallest absolute Gasteiger partial charge is 0.277 e. The molecule has 27 heavy (non-hydrogen) atoms. The number of hydrogen-bond donors (Lipinski definition) is 0. The zero-order valence-corrected chi connectivity index (χ0v) is 15.3. The van der Waals surface area contributed by atoms with Crippen LogP contribution in [0, 0.1) is 10.1 Å². The Morgan fingerprint density at radius 2 is 2.15 bits per heavy atom. The van der Waals surface area contributed by atoms with Crippen LogP contribution in [-0.4, -0.2) is 21.9 Å². The Morgan fingerprint density at radius 1 is 1.26 bits per heavy atom. The third kappa shape index (κ3) is 3.90. The first-order valence-corrected chi connectivity index (χ1v) is 9.19. The number of halogens is 1. The Hall–Kier alpha value is -2.62. The first-order valence-electron chi connectivity index (χ1n) is 7.83. The summed E-state index contributed by atoms with van der Waals surface area (Å²) in [5.74, 6) is 1.33. The molecule has 0 atom stereocenters. The Morgan fingerprint density at radius 3 is 2.96 bits per heavy atom. The largest absolute Gasteiger partial charge is 0.467 e. The molecule has 2 aromatic carbocycles. The van der Waals surface area contributed by atoms with E-state index in [1.165, 1.54) is 23.9 Å². The normalized spacial score (nSPS) is 13.1. The van der Waals surface area contributed by atoms with Crippen molar-refractivity contribution in [2.75, 3.05) is 6.79 Å². The Labute approximate surface area is 162 Å². The van der Waals surface area contributed by atoms with Crippen molar-refractivity contribution in [3.8, 4) is 17.2 Å². The molecule has 4 rings (SSSR count). The van der Waals surface area contributed by atoms with Crippen LogP contribution in [0.25, 0.3) is 11.5 Å². The molecule has 0 amide bonds. The molecule has 1 aromatic heterocycles. The van der Waals surface area contributed by atoms with Crippen LogP contribution in [0.5, 0.6) is 5.75 Å². The molecule has 8 nitrogen and oxygen atoms in total. The van der Waals surface area contributed by atoms with E-state index in [1.54, 1.807) is 18.2 Å². The number of ether oxygens (including phenoxy) is 2. The summed E-state index contributed by atoms with van der Waals surface area (Å²) in [6.07, 6.45) is 0. The highest BCUT2D eigenvalue weighted by Crippen LogP contribution is 2.36. The van der Waals surface area contributed by atoms with Gasteiger partial charge in [-0.1, -0.05) is 29.4 Å². The second-order valence-corrected chi connectivity index (χ2v) is 7.00. The lowest BCUT2D eigenvalue weighted by molar-refractivity contribution is -0.385. The predicted molar refractivity (Wildman–Crippen MR) is 97.7 cm³/mol. The van der Waals surface area contributed by atoms with Gasteiger partial charge >= 0.3 is 0 Å². The van der Waals surface area contributed by atoms with E-state index in [9.17, 15) is 10.1 Å². The highest BCUT2D eigenvalue weighted by atomic mass is 35.5. The molecule has 0 spiro atoms. The first kappa shape index (κ1) is 17.8. The van der Waals surface area contributed by atoms with Crippen LogP contribution in [-0.2, 0) is 17.1 Å². The van der Waals surface area contributed by atoms with Gasteiger partial charge in [-0.3, -0.25) is 10.1 Å². The van der Waals surface area contributed by atoms with Gasteiger partial charge in [-0.15, -0.1) is 10.2 Å². The number of aromatic nitrogens is 2. The maximum Gasteiger partial charge on any atom is 0.277 e. The summed E-state index contributed by atoms with van der Waals surface area (Å²) >= 11 is 7.25. The minimum absolute atomic E-state index is 0.0106. The molecule has 138 valence electrons. The van der Waals surface area contributed by atoms with Gasteiger partial charge in [0.2, 0.25) is 5.89 Å². The van der Waals surface area contributed by atoms with E-state index >= 15 is 0 Å². The van der Waals surface area contributed by atoms with Gasteiger partial charge in [-0.2, -0.15) is 0 Å². The Balaban J connectivity index is 1.55. The van der Waals surface area contributed by atoms with Gasteiger partial charge in [0.1, 0.15) is 5.75 Å². The molecule has 0 saturated carbocycles. The van der Waals surface area contributed by atoms with Crippen molar-refractivity contribution in [1.82, 2.24) is 10.2 Å². The topological polar surface area (TPSA) is 101 Å². The number of benzene rings is 2. The molecule has 0 N–H and O–H groups in total. The lowest BCUT2D eigenvalue weighted by Crippen LogP contribution is -2.13. The summed E-state index contributed by atoms with van der Waals surface area (Å²) in [7, 11) is 0. The van der Waals surface area contributed by atoms with Gasteiger partial charge in [0, 0.05) is 39.6 Å². The van der Waals surface area contributed by atoms with E-state index in [0.717, 1.165) is 5.56 Å². The van der Waals surface area contributed by atoms with Gasteiger partial charge < -0.3 is 13.9 Å². The minimum Gasteiger partial charge on any atom is -0.467 e. The van der Waals surface area contributed by atoms with E-state index in [-0.39, 0.29) is 19.1 Å². The van der Waals surface area contributed by atoms with Crippen molar-refractivity contribution in [2.24, 2.45) is 0 Å². The molecule has 0 aliphatic carbocycles. The quantitative estimate of drug-likeness (QED) is 0.348. The third-order valence-corrected chi connectivity index (χ3v) is 4.91. The van der Waals surface area contributed by atoms with Crippen LogP contribution in [0.1, 0.15) is 11.1 Å². The van der Waals surface area contributed by atoms with E-state index in [2.05, 4.69) is 10.2 Å². The number of fused-ring (bicyclic) bond motifs is 1. The second-order valence-electron chi connectivity index (χ2n) is 5.63. The zero-order chi connectivity index (χ0) is 18.8. The second kappa shape index (κ2) is 7.55. The first-order chi connectivity index (χ1) is 13.1. The molecular weight excluding hydrogens is 394 g/mol. The number of thioether (sulfide) groups is 1. The molecule has 1 aliphatic heterocycles. The highest BCUT2D eigenvalue weighted by molar-refractivity contribution is 7.98. The van der Waals surface area contributed by atoms with Crippen molar-refractivity contribution < 1.29 is 18.8 Å². The van der Waals surface area contributed by atoms with Crippen molar-refractivity contribution in [1.29, 1.82) is 0 Å². The fourth-order valence-corrected chi connectivity index (χ4v) is 3.56. The monoisotopic (exact) mass is 405 g/mol. The summed E-state index contributed by atoms with van der Waals surface area (Å²) in [4.78, 5) is 10.7. The Bertz CT molecular complexity index is 1010. The molecule has 0 bridgehead atoms. The molecule has 0 fully saturated rings. The zero-order valence-electron chi connectivity index (χ0n) is 13.8. The number of nitro groups is 1. The number of rotatable bonds is 5. The molecular formula is C17H12ClN3O5S. The van der Waals surface area contributed by atoms with Crippen molar-refractivity contribution >= 4 is 29.1 Å². The highest BCUT2D eigenvalue weighted by Gasteiger charge is 2.21. The summed E-state index contributed by atoms with van der Waals surface area (Å²) in [6, 6.07) is 10.1. The minimum atomic E-state index is -0.438.